The minimum absolute atomic E-state index is 0.0368. The van der Waals surface area contributed by atoms with Crippen LogP contribution >= 0.6 is 0 Å². The van der Waals surface area contributed by atoms with Crippen LogP contribution in [0, 0.1) is 5.92 Å². The fourth-order valence-electron chi connectivity index (χ4n) is 3.52. The Hall–Kier alpha value is -1.92. The van der Waals surface area contributed by atoms with E-state index in [0.29, 0.717) is 19.4 Å². The number of sulfonamides is 1. The van der Waals surface area contributed by atoms with Gasteiger partial charge >= 0.3 is 0 Å². The van der Waals surface area contributed by atoms with Gasteiger partial charge < -0.3 is 5.32 Å². The van der Waals surface area contributed by atoms with Crippen molar-refractivity contribution in [2.75, 3.05) is 0 Å². The van der Waals surface area contributed by atoms with Gasteiger partial charge in [0, 0.05) is 18.5 Å². The molecule has 1 aliphatic carbocycles. The first-order chi connectivity index (χ1) is 12.8. The quantitative estimate of drug-likeness (QED) is 0.797. The predicted molar refractivity (Wildman–Crippen MR) is 109 cm³/mol. The van der Waals surface area contributed by atoms with Crippen molar-refractivity contribution in [2.45, 2.75) is 57.4 Å². The first-order valence-corrected chi connectivity index (χ1v) is 11.2. The lowest BCUT2D eigenvalue weighted by Crippen LogP contribution is -2.43. The van der Waals surface area contributed by atoms with Gasteiger partial charge in [0.25, 0.3) is 0 Å². The lowest BCUT2D eigenvalue weighted by Gasteiger charge is -2.28. The van der Waals surface area contributed by atoms with Gasteiger partial charge in [-0.3, -0.25) is 4.79 Å². The van der Waals surface area contributed by atoms with Gasteiger partial charge in [0.15, 0.2) is 0 Å². The summed E-state index contributed by atoms with van der Waals surface area (Å²) in [5.41, 5.74) is 1.08. The second-order valence-corrected chi connectivity index (χ2v) is 9.93. The van der Waals surface area contributed by atoms with E-state index in [0.717, 1.165) is 18.4 Å². The third-order valence-corrected chi connectivity index (χ3v) is 7.23. The maximum atomic E-state index is 12.5. The van der Waals surface area contributed by atoms with Crippen LogP contribution in [0.5, 0.6) is 0 Å². The van der Waals surface area contributed by atoms with Crippen LogP contribution in [-0.4, -0.2) is 25.6 Å². The Morgan fingerprint density at radius 1 is 1.04 bits per heavy atom. The van der Waals surface area contributed by atoms with Gasteiger partial charge in [-0.25, -0.2) is 13.1 Å². The van der Waals surface area contributed by atoms with Gasteiger partial charge in [0.2, 0.25) is 15.9 Å². The summed E-state index contributed by atoms with van der Waals surface area (Å²) < 4.78 is 26.7. The lowest BCUT2D eigenvalue weighted by molar-refractivity contribution is -0.126. The Morgan fingerprint density at radius 2 is 1.70 bits per heavy atom. The molecule has 0 heterocycles. The van der Waals surface area contributed by atoms with Gasteiger partial charge in [-0.2, -0.15) is 0 Å². The van der Waals surface area contributed by atoms with Crippen LogP contribution in [0.3, 0.4) is 0 Å². The average Bonchev–Trinajstić information content (AvgIpc) is 2.66. The molecule has 0 unspecified atom stereocenters. The summed E-state index contributed by atoms with van der Waals surface area (Å²) in [6.45, 7) is 3.87. The third-order valence-electron chi connectivity index (χ3n) is 5.33. The number of hydrogen-bond acceptors (Lipinski definition) is 3. The second-order valence-electron chi connectivity index (χ2n) is 7.66. The van der Waals surface area contributed by atoms with Crippen LogP contribution in [-0.2, 0) is 21.4 Å². The summed E-state index contributed by atoms with van der Waals surface area (Å²) in [6, 6.07) is 14.3. The van der Waals surface area contributed by atoms with Crippen molar-refractivity contribution in [3.05, 3.63) is 48.0 Å². The summed E-state index contributed by atoms with van der Waals surface area (Å²) in [5, 5.41) is 4.97. The lowest BCUT2D eigenvalue weighted by atomic mass is 9.86. The molecule has 0 atom stereocenters. The highest BCUT2D eigenvalue weighted by Crippen LogP contribution is 2.25. The van der Waals surface area contributed by atoms with Crippen LogP contribution in [0.1, 0.15) is 45.1 Å². The highest BCUT2D eigenvalue weighted by molar-refractivity contribution is 7.90. The molecular formula is C21H28N2O3S. The maximum Gasteiger partial charge on any atom is 0.223 e. The first kappa shape index (κ1) is 19.8. The number of benzene rings is 2. The number of carbonyl (C=O) groups excluding carboxylic acids is 1. The van der Waals surface area contributed by atoms with Crippen molar-refractivity contribution in [1.29, 1.82) is 0 Å². The first-order valence-electron chi connectivity index (χ1n) is 9.61. The smallest absolute Gasteiger partial charge is 0.223 e. The number of hydrogen-bond donors (Lipinski definition) is 2. The van der Waals surface area contributed by atoms with Gasteiger partial charge in [-0.15, -0.1) is 0 Å². The molecule has 0 saturated heterocycles. The molecule has 0 bridgehead atoms. The highest BCUT2D eigenvalue weighted by atomic mass is 32.2. The average molecular weight is 389 g/mol. The summed E-state index contributed by atoms with van der Waals surface area (Å²) >= 11 is 0. The molecule has 146 valence electrons. The number of nitrogens with one attached hydrogen (secondary N) is 2. The summed E-state index contributed by atoms with van der Waals surface area (Å²) in [4.78, 5) is 12.5. The number of carbonyl (C=O) groups is 1. The van der Waals surface area contributed by atoms with Crippen LogP contribution in [0.2, 0.25) is 0 Å². The zero-order valence-electron chi connectivity index (χ0n) is 15.9. The highest BCUT2D eigenvalue weighted by Gasteiger charge is 2.29. The number of fused-ring (bicyclic) bond motifs is 1. The van der Waals surface area contributed by atoms with Gasteiger partial charge in [0.05, 0.1) is 5.25 Å². The molecule has 3 rings (SSSR count). The summed E-state index contributed by atoms with van der Waals surface area (Å²) in [5.74, 6) is 0.0265. The molecule has 2 aromatic carbocycles. The standard InChI is InChI=1S/C21H28N2O3S/c1-15(2)27(25,26)23-20-11-9-18(10-12-20)21(24)22-14-16-7-8-17-5-3-4-6-19(17)13-16/h3-8,13,15,18,20,23H,9-12,14H2,1-2H3,(H,22,24). The Balaban J connectivity index is 1.49. The Morgan fingerprint density at radius 3 is 2.37 bits per heavy atom. The molecule has 1 fully saturated rings. The normalized spacial score (nSPS) is 20.7. The molecule has 0 radical (unpaired) electrons. The molecule has 6 heteroatoms. The molecule has 1 saturated carbocycles. The van der Waals surface area contributed by atoms with Crippen LogP contribution in [0.4, 0.5) is 0 Å². The van der Waals surface area contributed by atoms with Crippen molar-refractivity contribution < 1.29 is 13.2 Å². The summed E-state index contributed by atoms with van der Waals surface area (Å²) in [6.07, 6.45) is 2.85. The zero-order valence-corrected chi connectivity index (χ0v) is 16.8. The molecular weight excluding hydrogens is 360 g/mol. The van der Waals surface area contributed by atoms with Crippen molar-refractivity contribution >= 4 is 26.7 Å². The van der Waals surface area contributed by atoms with Gasteiger partial charge in [-0.1, -0.05) is 36.4 Å². The topological polar surface area (TPSA) is 75.3 Å². The largest absolute Gasteiger partial charge is 0.352 e. The van der Waals surface area contributed by atoms with Crippen LogP contribution in [0.15, 0.2) is 42.5 Å². The second kappa shape index (κ2) is 8.40. The monoisotopic (exact) mass is 388 g/mol. The molecule has 0 spiro atoms. The van der Waals surface area contributed by atoms with Crippen molar-refractivity contribution in [1.82, 2.24) is 10.0 Å². The van der Waals surface area contributed by atoms with E-state index in [2.05, 4.69) is 34.3 Å². The van der Waals surface area contributed by atoms with E-state index >= 15 is 0 Å². The predicted octanol–water partition coefficient (Wildman–Crippen LogP) is 3.34. The van der Waals surface area contributed by atoms with E-state index < -0.39 is 15.3 Å². The maximum absolute atomic E-state index is 12.5. The van der Waals surface area contributed by atoms with Crippen molar-refractivity contribution in [2.24, 2.45) is 5.92 Å². The SMILES string of the molecule is CC(C)S(=O)(=O)NC1CCC(C(=O)NCc2ccc3ccccc3c2)CC1. The van der Waals surface area contributed by atoms with Crippen molar-refractivity contribution in [3.8, 4) is 0 Å². The van der Waals surface area contributed by atoms with E-state index in [1.54, 1.807) is 13.8 Å². The molecule has 2 aromatic rings. The Bertz CT molecular complexity index is 901. The fourth-order valence-corrected chi connectivity index (χ4v) is 4.50. The third kappa shape index (κ3) is 5.08. The molecule has 0 aliphatic heterocycles. The van der Waals surface area contributed by atoms with Gasteiger partial charge in [0.1, 0.15) is 0 Å². The summed E-state index contributed by atoms with van der Waals surface area (Å²) in [7, 11) is -3.25. The minimum atomic E-state index is -3.25. The van der Waals surface area contributed by atoms with E-state index in [1.807, 2.05) is 18.2 Å². The van der Waals surface area contributed by atoms with Gasteiger partial charge in [-0.05, 0) is 61.9 Å². The Labute approximate surface area is 161 Å². The Kier molecular flexibility index (Phi) is 6.17. The zero-order chi connectivity index (χ0) is 19.4. The fraction of sp³-hybridized carbons (Fsp3) is 0.476. The van der Waals surface area contributed by atoms with Crippen molar-refractivity contribution in [3.63, 3.8) is 0 Å². The molecule has 2 N–H and O–H groups in total. The molecule has 0 aromatic heterocycles. The minimum Gasteiger partial charge on any atom is -0.352 e. The van der Waals surface area contributed by atoms with E-state index in [4.69, 9.17) is 0 Å². The van der Waals surface area contributed by atoms with E-state index in [1.165, 1.54) is 10.8 Å². The molecule has 1 amide bonds. The van der Waals surface area contributed by atoms with E-state index in [-0.39, 0.29) is 17.9 Å². The van der Waals surface area contributed by atoms with E-state index in [9.17, 15) is 13.2 Å². The molecule has 1 aliphatic rings. The number of amides is 1. The number of rotatable bonds is 6. The molecule has 27 heavy (non-hydrogen) atoms. The van der Waals surface area contributed by atoms with Crippen LogP contribution in [0.25, 0.3) is 10.8 Å². The van der Waals surface area contributed by atoms with Crippen LogP contribution < -0.4 is 10.0 Å². The molecule has 5 nitrogen and oxygen atoms in total.